The maximum Gasteiger partial charge on any atom is 0.0603 e. The van der Waals surface area contributed by atoms with Crippen molar-refractivity contribution in [3.05, 3.63) is 23.3 Å². The molecule has 0 aromatic rings. The molecule has 3 aliphatic rings. The predicted molar refractivity (Wildman–Crippen MR) is 121 cm³/mol. The molecule has 0 heterocycles. The van der Waals surface area contributed by atoms with E-state index >= 15 is 0 Å². The summed E-state index contributed by atoms with van der Waals surface area (Å²) in [4.78, 5) is 0. The fourth-order valence-corrected chi connectivity index (χ4v) is 6.82. The van der Waals surface area contributed by atoms with Crippen molar-refractivity contribution >= 4 is 0 Å². The van der Waals surface area contributed by atoms with E-state index in [1.165, 1.54) is 63.4 Å². The van der Waals surface area contributed by atoms with Gasteiger partial charge in [0.05, 0.1) is 6.10 Å². The van der Waals surface area contributed by atoms with Crippen molar-refractivity contribution in [1.82, 2.24) is 0 Å². The summed E-state index contributed by atoms with van der Waals surface area (Å²) in [7, 11) is 0. The summed E-state index contributed by atoms with van der Waals surface area (Å²) >= 11 is 0. The van der Waals surface area contributed by atoms with Gasteiger partial charge in [0.2, 0.25) is 0 Å². The van der Waals surface area contributed by atoms with Crippen LogP contribution in [-0.4, -0.2) is 11.2 Å². The zero-order valence-electron chi connectivity index (χ0n) is 19.3. The SMILES string of the molecule is CC(C)CCC[C@@H](C)C1CCC2/C(=C/C=C3/CCC(C)C(O)C3)CCCC21C. The Morgan fingerprint density at radius 1 is 1.07 bits per heavy atom. The fraction of sp³-hybridized carbons (Fsp3) is 0.852. The standard InChI is InChI=1S/C27H46O/c1-19(2)8-6-9-20(3)24-15-16-25-23(10-7-17-27(24,25)5)14-13-22-12-11-21(4)26(28)18-22/h13-14,19-21,24-26,28H,6-12,15-18H2,1-5H3/b22-13-,23-14+/t20-,21?,24?,25?,26?,27?/m1/s1. The van der Waals surface area contributed by atoms with Gasteiger partial charge in [-0.2, -0.15) is 0 Å². The zero-order valence-corrected chi connectivity index (χ0v) is 19.3. The van der Waals surface area contributed by atoms with E-state index in [1.54, 1.807) is 5.57 Å². The van der Waals surface area contributed by atoms with E-state index in [9.17, 15) is 5.11 Å². The van der Waals surface area contributed by atoms with Crippen LogP contribution >= 0.6 is 0 Å². The highest BCUT2D eigenvalue weighted by Gasteiger charge is 2.50. The zero-order chi connectivity index (χ0) is 20.3. The second-order valence-corrected chi connectivity index (χ2v) is 11.3. The summed E-state index contributed by atoms with van der Waals surface area (Å²) in [5.41, 5.74) is 3.73. The number of aliphatic hydroxyl groups is 1. The summed E-state index contributed by atoms with van der Waals surface area (Å²) < 4.78 is 0. The van der Waals surface area contributed by atoms with Gasteiger partial charge in [-0.15, -0.1) is 0 Å². The topological polar surface area (TPSA) is 20.2 Å². The van der Waals surface area contributed by atoms with Gasteiger partial charge in [0.15, 0.2) is 0 Å². The predicted octanol–water partition coefficient (Wildman–Crippen LogP) is 7.70. The molecular weight excluding hydrogens is 340 g/mol. The van der Waals surface area contributed by atoms with Gasteiger partial charge in [0, 0.05) is 0 Å². The van der Waals surface area contributed by atoms with E-state index in [0.29, 0.717) is 11.3 Å². The fourth-order valence-electron chi connectivity index (χ4n) is 6.82. The van der Waals surface area contributed by atoms with Crippen molar-refractivity contribution in [2.45, 2.75) is 111 Å². The second kappa shape index (κ2) is 9.50. The molecule has 0 aromatic heterocycles. The molecule has 3 aliphatic carbocycles. The highest BCUT2D eigenvalue weighted by molar-refractivity contribution is 5.26. The Bertz CT molecular complexity index is 571. The monoisotopic (exact) mass is 386 g/mol. The van der Waals surface area contributed by atoms with Crippen molar-refractivity contribution in [3.8, 4) is 0 Å². The summed E-state index contributed by atoms with van der Waals surface area (Å²) in [6, 6.07) is 0. The first kappa shape index (κ1) is 22.1. The number of hydrogen-bond acceptors (Lipinski definition) is 1. The lowest BCUT2D eigenvalue weighted by atomic mass is 9.60. The molecule has 0 bridgehead atoms. The highest BCUT2D eigenvalue weighted by atomic mass is 16.3. The average Bonchev–Trinajstić information content (AvgIpc) is 3.00. The number of rotatable bonds is 6. The molecule has 0 aromatic carbocycles. The third-order valence-electron chi connectivity index (χ3n) is 8.75. The minimum absolute atomic E-state index is 0.127. The van der Waals surface area contributed by atoms with Crippen LogP contribution in [0.3, 0.4) is 0 Å². The van der Waals surface area contributed by atoms with Gasteiger partial charge in [-0.3, -0.25) is 0 Å². The molecule has 160 valence electrons. The molecule has 1 heteroatoms. The van der Waals surface area contributed by atoms with Crippen molar-refractivity contribution < 1.29 is 5.11 Å². The van der Waals surface area contributed by atoms with Gasteiger partial charge in [-0.05, 0) is 86.4 Å². The first-order chi connectivity index (χ1) is 13.3. The van der Waals surface area contributed by atoms with Gasteiger partial charge in [-0.1, -0.05) is 77.2 Å². The molecule has 0 saturated heterocycles. The molecule has 5 unspecified atom stereocenters. The minimum atomic E-state index is -0.127. The van der Waals surface area contributed by atoms with Crippen LogP contribution < -0.4 is 0 Å². The molecule has 0 radical (unpaired) electrons. The molecule has 3 saturated carbocycles. The number of allylic oxidation sites excluding steroid dienone is 3. The lowest BCUT2D eigenvalue weighted by Crippen LogP contribution is -2.36. The van der Waals surface area contributed by atoms with Gasteiger partial charge in [0.25, 0.3) is 0 Å². The lowest BCUT2D eigenvalue weighted by molar-refractivity contribution is 0.0927. The average molecular weight is 387 g/mol. The molecule has 0 amide bonds. The lowest BCUT2D eigenvalue weighted by Gasteiger charge is -2.44. The quantitative estimate of drug-likeness (QED) is 0.496. The molecule has 6 atom stereocenters. The molecule has 28 heavy (non-hydrogen) atoms. The van der Waals surface area contributed by atoms with E-state index in [4.69, 9.17) is 0 Å². The van der Waals surface area contributed by atoms with Gasteiger partial charge < -0.3 is 5.11 Å². The van der Waals surface area contributed by atoms with Crippen molar-refractivity contribution in [3.63, 3.8) is 0 Å². The third-order valence-corrected chi connectivity index (χ3v) is 8.75. The maximum atomic E-state index is 10.2. The first-order valence-electron chi connectivity index (χ1n) is 12.4. The largest absolute Gasteiger partial charge is 0.393 e. The first-order valence-corrected chi connectivity index (χ1v) is 12.4. The molecule has 1 N–H and O–H groups in total. The Kier molecular flexibility index (Phi) is 7.51. The van der Waals surface area contributed by atoms with Crippen LogP contribution in [0.1, 0.15) is 105 Å². The Labute approximate surface area is 175 Å². The second-order valence-electron chi connectivity index (χ2n) is 11.3. The number of hydrogen-bond donors (Lipinski definition) is 1. The van der Waals surface area contributed by atoms with E-state index < -0.39 is 0 Å². The molecule has 3 rings (SSSR count). The van der Waals surface area contributed by atoms with Crippen LogP contribution in [0.2, 0.25) is 0 Å². The van der Waals surface area contributed by atoms with Crippen LogP contribution in [0.5, 0.6) is 0 Å². The molecule has 1 nitrogen and oxygen atoms in total. The van der Waals surface area contributed by atoms with Crippen molar-refractivity contribution in [2.75, 3.05) is 0 Å². The Hall–Kier alpha value is -0.560. The summed E-state index contributed by atoms with van der Waals surface area (Å²) in [5, 5.41) is 10.2. The normalized spacial score (nSPS) is 40.2. The number of aliphatic hydroxyl groups excluding tert-OH is 1. The van der Waals surface area contributed by atoms with Crippen molar-refractivity contribution in [2.24, 2.45) is 35.0 Å². The van der Waals surface area contributed by atoms with E-state index in [0.717, 1.165) is 36.5 Å². The Morgan fingerprint density at radius 3 is 2.57 bits per heavy atom. The molecule has 3 fully saturated rings. The summed E-state index contributed by atoms with van der Waals surface area (Å²) in [5.74, 6) is 3.91. The maximum absolute atomic E-state index is 10.2. The summed E-state index contributed by atoms with van der Waals surface area (Å²) in [6.07, 6.45) is 19.2. The van der Waals surface area contributed by atoms with E-state index in [1.807, 2.05) is 0 Å². The van der Waals surface area contributed by atoms with Crippen LogP contribution in [0, 0.1) is 35.0 Å². The van der Waals surface area contributed by atoms with Gasteiger partial charge >= 0.3 is 0 Å². The van der Waals surface area contributed by atoms with Crippen LogP contribution in [0.25, 0.3) is 0 Å². The van der Waals surface area contributed by atoms with E-state index in [-0.39, 0.29) is 6.10 Å². The number of fused-ring (bicyclic) bond motifs is 1. The minimum Gasteiger partial charge on any atom is -0.393 e. The smallest absolute Gasteiger partial charge is 0.0603 e. The molecular formula is C27H46O. The molecule has 0 spiro atoms. The summed E-state index contributed by atoms with van der Waals surface area (Å²) in [6.45, 7) is 12.1. The van der Waals surface area contributed by atoms with Crippen LogP contribution in [0.15, 0.2) is 23.3 Å². The van der Waals surface area contributed by atoms with Gasteiger partial charge in [-0.25, -0.2) is 0 Å². The molecule has 0 aliphatic heterocycles. The highest BCUT2D eigenvalue weighted by Crippen LogP contribution is 2.59. The third kappa shape index (κ3) is 4.94. The van der Waals surface area contributed by atoms with Crippen LogP contribution in [-0.2, 0) is 0 Å². The van der Waals surface area contributed by atoms with Gasteiger partial charge in [0.1, 0.15) is 0 Å². The Morgan fingerprint density at radius 2 is 1.86 bits per heavy atom. The van der Waals surface area contributed by atoms with Crippen molar-refractivity contribution in [1.29, 1.82) is 0 Å². The Balaban J connectivity index is 1.66. The van der Waals surface area contributed by atoms with E-state index in [2.05, 4.69) is 46.8 Å². The van der Waals surface area contributed by atoms with Crippen LogP contribution in [0.4, 0.5) is 0 Å².